The first-order valence-corrected chi connectivity index (χ1v) is 9.61. The number of amides is 2. The second-order valence-corrected chi connectivity index (χ2v) is 7.63. The van der Waals surface area contributed by atoms with Gasteiger partial charge in [-0.15, -0.1) is 11.3 Å². The molecule has 0 bridgehead atoms. The van der Waals surface area contributed by atoms with E-state index in [-0.39, 0.29) is 6.61 Å². The Balaban J connectivity index is 1.61. The summed E-state index contributed by atoms with van der Waals surface area (Å²) < 4.78 is 5.46. The number of thiophene rings is 1. The zero-order valence-electron chi connectivity index (χ0n) is 16.5. The molecule has 0 aliphatic heterocycles. The number of nitrogens with zero attached hydrogens (tertiary/aromatic N) is 2. The summed E-state index contributed by atoms with van der Waals surface area (Å²) >= 11 is 1.28. The van der Waals surface area contributed by atoms with Crippen LogP contribution in [0.5, 0.6) is 5.75 Å². The molecule has 0 unspecified atom stereocenters. The van der Waals surface area contributed by atoms with Crippen LogP contribution < -0.4 is 15.6 Å². The molecular weight excluding hydrogens is 376 g/mol. The Morgan fingerprint density at radius 3 is 2.50 bits per heavy atom. The van der Waals surface area contributed by atoms with Crippen LogP contribution in [0, 0.1) is 34.6 Å². The van der Waals surface area contributed by atoms with Gasteiger partial charge in [0, 0.05) is 11.1 Å². The van der Waals surface area contributed by atoms with Crippen molar-refractivity contribution in [1.82, 2.24) is 20.8 Å². The fourth-order valence-electron chi connectivity index (χ4n) is 2.86. The van der Waals surface area contributed by atoms with Gasteiger partial charge in [0.15, 0.2) is 6.61 Å². The molecule has 0 spiro atoms. The lowest BCUT2D eigenvalue weighted by atomic mass is 10.1. The summed E-state index contributed by atoms with van der Waals surface area (Å²) in [7, 11) is 0. The van der Waals surface area contributed by atoms with Crippen LogP contribution >= 0.6 is 11.3 Å². The first kappa shape index (κ1) is 19.8. The third kappa shape index (κ3) is 4.12. The molecule has 1 aromatic carbocycles. The molecule has 2 heterocycles. The number of nitrogens with one attached hydrogen (secondary N) is 2. The molecule has 8 heteroatoms. The number of aromatic nitrogens is 2. The molecule has 146 valence electrons. The van der Waals surface area contributed by atoms with Crippen molar-refractivity contribution in [1.29, 1.82) is 0 Å². The topological polar surface area (TPSA) is 93.2 Å². The first-order valence-electron chi connectivity index (χ1n) is 8.80. The van der Waals surface area contributed by atoms with Crippen LogP contribution in [-0.2, 0) is 4.79 Å². The monoisotopic (exact) mass is 398 g/mol. The van der Waals surface area contributed by atoms with Crippen molar-refractivity contribution in [2.75, 3.05) is 6.61 Å². The highest BCUT2D eigenvalue weighted by Crippen LogP contribution is 2.31. The van der Waals surface area contributed by atoms with Crippen molar-refractivity contribution < 1.29 is 14.3 Å². The van der Waals surface area contributed by atoms with Crippen molar-refractivity contribution in [3.05, 3.63) is 51.3 Å². The number of rotatable bonds is 4. The van der Waals surface area contributed by atoms with Gasteiger partial charge in [-0.3, -0.25) is 20.4 Å². The molecule has 0 aliphatic carbocycles. The fraction of sp³-hybridized carbons (Fsp3) is 0.300. The van der Waals surface area contributed by atoms with E-state index in [1.54, 1.807) is 6.07 Å². The maximum absolute atomic E-state index is 12.5. The summed E-state index contributed by atoms with van der Waals surface area (Å²) in [5.74, 6) is 0.429. The Hall–Kier alpha value is -3.00. The zero-order valence-corrected chi connectivity index (χ0v) is 17.3. The number of carbonyl (C=O) groups is 2. The Bertz CT molecular complexity index is 1070. The van der Waals surface area contributed by atoms with Crippen LogP contribution in [0.4, 0.5) is 0 Å². The Kier molecular flexibility index (Phi) is 5.60. The first-order chi connectivity index (χ1) is 13.3. The smallest absolute Gasteiger partial charge is 0.280 e. The maximum Gasteiger partial charge on any atom is 0.280 e. The molecule has 2 aromatic heterocycles. The molecular formula is C20H22N4O3S. The largest absolute Gasteiger partial charge is 0.484 e. The Morgan fingerprint density at radius 2 is 1.79 bits per heavy atom. The van der Waals surface area contributed by atoms with Gasteiger partial charge in [0.25, 0.3) is 11.8 Å². The summed E-state index contributed by atoms with van der Waals surface area (Å²) in [6.45, 7) is 9.35. The average Bonchev–Trinajstić information content (AvgIpc) is 2.97. The third-order valence-electron chi connectivity index (χ3n) is 4.45. The molecule has 0 fully saturated rings. The molecule has 0 atom stereocenters. The fourth-order valence-corrected chi connectivity index (χ4v) is 4.03. The van der Waals surface area contributed by atoms with Gasteiger partial charge in [0.05, 0.1) is 4.88 Å². The van der Waals surface area contributed by atoms with Crippen LogP contribution in [0.3, 0.4) is 0 Å². The van der Waals surface area contributed by atoms with Gasteiger partial charge in [-0.2, -0.15) is 0 Å². The van der Waals surface area contributed by atoms with Crippen LogP contribution in [0.25, 0.3) is 10.2 Å². The minimum atomic E-state index is -0.447. The molecule has 3 rings (SSSR count). The minimum absolute atomic E-state index is 0.196. The van der Waals surface area contributed by atoms with E-state index in [4.69, 9.17) is 4.74 Å². The number of benzene rings is 1. The van der Waals surface area contributed by atoms with Gasteiger partial charge in [0.2, 0.25) is 0 Å². The van der Waals surface area contributed by atoms with Gasteiger partial charge >= 0.3 is 0 Å². The predicted octanol–water partition coefficient (Wildman–Crippen LogP) is 3.07. The molecule has 0 aliphatic rings. The zero-order chi connectivity index (χ0) is 20.4. The number of aryl methyl sites for hydroxylation is 5. The van der Waals surface area contributed by atoms with Crippen LogP contribution in [0.15, 0.2) is 18.2 Å². The van der Waals surface area contributed by atoms with E-state index in [0.29, 0.717) is 16.5 Å². The highest BCUT2D eigenvalue weighted by Gasteiger charge is 2.19. The van der Waals surface area contributed by atoms with Crippen molar-refractivity contribution in [2.24, 2.45) is 0 Å². The van der Waals surface area contributed by atoms with Crippen molar-refractivity contribution in [3.63, 3.8) is 0 Å². The molecule has 0 saturated carbocycles. The third-order valence-corrected chi connectivity index (χ3v) is 5.64. The SMILES string of the molecule is Cc1nc(C)c2c(C)c(C(=O)NNC(=O)COc3ccc(C)c(C)c3)sc2n1. The van der Waals surface area contributed by atoms with E-state index in [2.05, 4.69) is 20.8 Å². The molecule has 3 aromatic rings. The second kappa shape index (κ2) is 7.93. The minimum Gasteiger partial charge on any atom is -0.484 e. The summed E-state index contributed by atoms with van der Waals surface area (Å²) in [5, 5.41) is 0.880. The Morgan fingerprint density at radius 1 is 1.04 bits per heavy atom. The van der Waals surface area contributed by atoms with Crippen molar-refractivity contribution in [2.45, 2.75) is 34.6 Å². The summed E-state index contributed by atoms with van der Waals surface area (Å²) in [4.78, 5) is 34.5. The summed E-state index contributed by atoms with van der Waals surface area (Å²) in [6, 6.07) is 5.61. The van der Waals surface area contributed by atoms with E-state index in [0.717, 1.165) is 32.6 Å². The molecule has 28 heavy (non-hydrogen) atoms. The van der Waals surface area contributed by atoms with Crippen molar-refractivity contribution in [3.8, 4) is 5.75 Å². The van der Waals surface area contributed by atoms with E-state index < -0.39 is 11.8 Å². The quantitative estimate of drug-likeness (QED) is 0.659. The predicted molar refractivity (Wildman–Crippen MR) is 109 cm³/mol. The second-order valence-electron chi connectivity index (χ2n) is 6.63. The van der Waals surface area contributed by atoms with Gasteiger partial charge in [0.1, 0.15) is 16.4 Å². The molecule has 0 saturated heterocycles. The molecule has 2 N–H and O–H groups in total. The number of hydrogen-bond donors (Lipinski definition) is 2. The standard InChI is InChI=1S/C20H22N4O3S/c1-10-6-7-15(8-11(10)2)27-9-16(25)23-24-19(26)18-12(3)17-13(4)21-14(5)22-20(17)28-18/h6-8H,9H2,1-5H3,(H,23,25)(H,24,26). The van der Waals surface area contributed by atoms with Gasteiger partial charge in [-0.25, -0.2) is 9.97 Å². The highest BCUT2D eigenvalue weighted by molar-refractivity contribution is 7.20. The lowest BCUT2D eigenvalue weighted by Gasteiger charge is -2.09. The van der Waals surface area contributed by atoms with Crippen LogP contribution in [-0.4, -0.2) is 28.4 Å². The summed E-state index contributed by atoms with van der Waals surface area (Å²) in [6.07, 6.45) is 0. The molecule has 7 nitrogen and oxygen atoms in total. The number of ether oxygens (including phenoxy) is 1. The number of carbonyl (C=O) groups excluding carboxylic acids is 2. The highest BCUT2D eigenvalue weighted by atomic mass is 32.1. The van der Waals surface area contributed by atoms with Crippen LogP contribution in [0.1, 0.15) is 37.9 Å². The Labute approximate surface area is 167 Å². The van der Waals surface area contributed by atoms with Gasteiger partial charge < -0.3 is 4.74 Å². The molecule has 0 radical (unpaired) electrons. The lowest BCUT2D eigenvalue weighted by molar-refractivity contribution is -0.123. The van der Waals surface area contributed by atoms with Crippen LogP contribution in [0.2, 0.25) is 0 Å². The van der Waals surface area contributed by atoms with Gasteiger partial charge in [-0.05, 0) is 63.4 Å². The number of hydrogen-bond acceptors (Lipinski definition) is 6. The number of hydrazine groups is 1. The lowest BCUT2D eigenvalue weighted by Crippen LogP contribution is -2.43. The van der Waals surface area contributed by atoms with Crippen molar-refractivity contribution >= 4 is 33.4 Å². The summed E-state index contributed by atoms with van der Waals surface area (Å²) in [5.41, 5.74) is 8.69. The van der Waals surface area contributed by atoms with E-state index in [9.17, 15) is 9.59 Å². The van der Waals surface area contributed by atoms with E-state index >= 15 is 0 Å². The number of fused-ring (bicyclic) bond motifs is 1. The normalized spacial score (nSPS) is 10.8. The molecule has 2 amide bonds. The maximum atomic E-state index is 12.5. The van der Waals surface area contributed by atoms with E-state index in [1.807, 2.05) is 46.8 Å². The van der Waals surface area contributed by atoms with E-state index in [1.165, 1.54) is 11.3 Å². The average molecular weight is 398 g/mol. The van der Waals surface area contributed by atoms with Gasteiger partial charge in [-0.1, -0.05) is 6.07 Å².